The molecule has 1 aliphatic carbocycles. The minimum atomic E-state index is -0.612. The van der Waals surface area contributed by atoms with Gasteiger partial charge < -0.3 is 24.3 Å². The number of esters is 1. The van der Waals surface area contributed by atoms with Gasteiger partial charge in [-0.25, -0.2) is 4.79 Å². The molecule has 0 spiro atoms. The van der Waals surface area contributed by atoms with E-state index >= 15 is 0 Å². The van der Waals surface area contributed by atoms with Crippen LogP contribution in [0.1, 0.15) is 49.7 Å². The molecule has 0 amide bonds. The first-order valence-corrected chi connectivity index (χ1v) is 14.8. The molecule has 0 aromatic heterocycles. The van der Waals surface area contributed by atoms with Gasteiger partial charge in [0.25, 0.3) is 0 Å². The van der Waals surface area contributed by atoms with Gasteiger partial charge in [0.15, 0.2) is 17.3 Å². The first-order valence-electron chi connectivity index (χ1n) is 12.9. The Hall–Kier alpha value is -2.91. The SMILES string of the molecule is CCSCCOC(=O)C1=C(C)NC2=C(C(=O)C[C@@H](c3ccc(OC)c(OC)c3)C2)[C@H]1c1cc(Br)ccc1OC. The summed E-state index contributed by atoms with van der Waals surface area (Å²) in [5.41, 5.74) is 4.25. The van der Waals surface area contributed by atoms with Crippen molar-refractivity contribution in [2.24, 2.45) is 0 Å². The van der Waals surface area contributed by atoms with Crippen LogP contribution in [-0.2, 0) is 14.3 Å². The molecule has 2 aliphatic rings. The maximum absolute atomic E-state index is 13.9. The average molecular weight is 617 g/mol. The van der Waals surface area contributed by atoms with E-state index in [9.17, 15) is 9.59 Å². The number of benzene rings is 2. The Morgan fingerprint density at radius 2 is 1.74 bits per heavy atom. The smallest absolute Gasteiger partial charge is 0.336 e. The topological polar surface area (TPSA) is 83.1 Å². The number of hydrogen-bond acceptors (Lipinski definition) is 8. The van der Waals surface area contributed by atoms with Gasteiger partial charge in [-0.1, -0.05) is 28.9 Å². The van der Waals surface area contributed by atoms with E-state index in [1.165, 1.54) is 0 Å². The molecule has 2 aromatic rings. The van der Waals surface area contributed by atoms with Crippen molar-refractivity contribution in [2.45, 2.75) is 38.5 Å². The molecule has 2 aromatic carbocycles. The van der Waals surface area contributed by atoms with Gasteiger partial charge in [0.2, 0.25) is 0 Å². The quantitative estimate of drug-likeness (QED) is 0.252. The second-order valence-corrected chi connectivity index (χ2v) is 11.7. The normalized spacial score (nSPS) is 18.9. The summed E-state index contributed by atoms with van der Waals surface area (Å²) >= 11 is 5.27. The van der Waals surface area contributed by atoms with Crippen LogP contribution >= 0.6 is 27.7 Å². The summed E-state index contributed by atoms with van der Waals surface area (Å²) in [5.74, 6) is 2.42. The van der Waals surface area contributed by atoms with Gasteiger partial charge in [-0.2, -0.15) is 11.8 Å². The highest BCUT2D eigenvalue weighted by Gasteiger charge is 2.42. The largest absolute Gasteiger partial charge is 0.496 e. The summed E-state index contributed by atoms with van der Waals surface area (Å²) < 4.78 is 23.1. The van der Waals surface area contributed by atoms with Crippen LogP contribution in [0.4, 0.5) is 0 Å². The molecule has 0 fully saturated rings. The fourth-order valence-electron chi connectivity index (χ4n) is 5.31. The van der Waals surface area contributed by atoms with Gasteiger partial charge in [0.05, 0.1) is 32.8 Å². The van der Waals surface area contributed by atoms with E-state index in [1.54, 1.807) is 33.1 Å². The first-order chi connectivity index (χ1) is 18.8. The maximum atomic E-state index is 13.9. The van der Waals surface area contributed by atoms with Crippen LogP contribution < -0.4 is 19.5 Å². The van der Waals surface area contributed by atoms with Gasteiger partial charge in [-0.05, 0) is 60.9 Å². The lowest BCUT2D eigenvalue weighted by Crippen LogP contribution is -2.36. The maximum Gasteiger partial charge on any atom is 0.336 e. The summed E-state index contributed by atoms with van der Waals surface area (Å²) in [6, 6.07) is 11.4. The number of halogens is 1. The van der Waals surface area contributed by atoms with Crippen molar-refractivity contribution in [3.05, 3.63) is 74.5 Å². The highest BCUT2D eigenvalue weighted by molar-refractivity contribution is 9.10. The van der Waals surface area contributed by atoms with E-state index in [1.807, 2.05) is 43.3 Å². The third-order valence-corrected chi connectivity index (χ3v) is 8.45. The summed E-state index contributed by atoms with van der Waals surface area (Å²) in [7, 11) is 4.79. The molecule has 1 heterocycles. The molecule has 39 heavy (non-hydrogen) atoms. The summed E-state index contributed by atoms with van der Waals surface area (Å²) in [4.78, 5) is 27.4. The van der Waals surface area contributed by atoms with Crippen LogP contribution in [0, 0.1) is 0 Å². The molecular formula is C30H34BrNO6S. The average Bonchev–Trinajstić information content (AvgIpc) is 2.93. The zero-order valence-corrected chi connectivity index (χ0v) is 25.3. The Labute approximate surface area is 242 Å². The summed E-state index contributed by atoms with van der Waals surface area (Å²) in [6.45, 7) is 4.23. The van der Waals surface area contributed by atoms with E-state index in [-0.39, 0.29) is 11.7 Å². The zero-order valence-electron chi connectivity index (χ0n) is 22.9. The standard InChI is InChI=1S/C30H34BrNO6S/c1-6-39-12-11-38-30(34)27-17(2)32-22-13-19(18-7-9-25(36-4)26(15-18)37-5)14-23(33)29(22)28(27)21-16-20(31)8-10-24(21)35-3/h7-10,15-16,19,28,32H,6,11-14H2,1-5H3/t19-,28-/m0/s1. The fourth-order valence-corrected chi connectivity index (χ4v) is 6.18. The van der Waals surface area contributed by atoms with Crippen molar-refractivity contribution in [1.29, 1.82) is 0 Å². The molecule has 7 nitrogen and oxygen atoms in total. The number of Topliss-reactive ketones (excluding diaryl/α,β-unsaturated/α-hetero) is 1. The number of carbonyl (C=O) groups is 2. The predicted molar refractivity (Wildman–Crippen MR) is 157 cm³/mol. The highest BCUT2D eigenvalue weighted by atomic mass is 79.9. The Balaban J connectivity index is 1.77. The number of hydrogen-bond donors (Lipinski definition) is 1. The van der Waals surface area contributed by atoms with Crippen molar-refractivity contribution in [3.63, 3.8) is 0 Å². The van der Waals surface area contributed by atoms with Gasteiger partial charge in [-0.3, -0.25) is 4.79 Å². The van der Waals surface area contributed by atoms with E-state index in [4.69, 9.17) is 18.9 Å². The van der Waals surface area contributed by atoms with Crippen molar-refractivity contribution < 1.29 is 28.5 Å². The minimum absolute atomic E-state index is 0.0186. The fraction of sp³-hybridized carbons (Fsp3) is 0.400. The second-order valence-electron chi connectivity index (χ2n) is 9.35. The van der Waals surface area contributed by atoms with E-state index < -0.39 is 11.9 Å². The lowest BCUT2D eigenvalue weighted by atomic mass is 9.71. The van der Waals surface area contributed by atoms with Crippen molar-refractivity contribution >= 4 is 39.4 Å². The molecule has 0 bridgehead atoms. The van der Waals surface area contributed by atoms with E-state index in [0.717, 1.165) is 27.0 Å². The Morgan fingerprint density at radius 1 is 1.03 bits per heavy atom. The van der Waals surface area contributed by atoms with Crippen LogP contribution in [-0.4, -0.2) is 51.2 Å². The number of ether oxygens (including phenoxy) is 4. The number of allylic oxidation sites excluding steroid dienone is 3. The van der Waals surface area contributed by atoms with Crippen LogP contribution in [0.15, 0.2) is 63.4 Å². The third kappa shape index (κ3) is 6.14. The Bertz CT molecular complexity index is 1320. The van der Waals surface area contributed by atoms with Crippen molar-refractivity contribution in [3.8, 4) is 17.2 Å². The van der Waals surface area contributed by atoms with Crippen LogP contribution in [0.5, 0.6) is 17.2 Å². The number of rotatable bonds is 10. The summed E-state index contributed by atoms with van der Waals surface area (Å²) in [5, 5.41) is 3.41. The number of thioether (sulfide) groups is 1. The number of carbonyl (C=O) groups excluding carboxylic acids is 2. The van der Waals surface area contributed by atoms with Gasteiger partial charge in [0.1, 0.15) is 12.4 Å². The lowest BCUT2D eigenvalue weighted by molar-refractivity contribution is -0.138. The molecule has 1 N–H and O–H groups in total. The number of nitrogens with one attached hydrogen (secondary N) is 1. The number of dihydropyridines is 1. The Morgan fingerprint density at radius 3 is 2.44 bits per heavy atom. The second kappa shape index (κ2) is 13.0. The number of ketones is 1. The molecule has 2 atom stereocenters. The minimum Gasteiger partial charge on any atom is -0.496 e. The molecule has 9 heteroatoms. The molecule has 0 saturated heterocycles. The summed E-state index contributed by atoms with van der Waals surface area (Å²) in [6.07, 6.45) is 0.910. The molecule has 208 valence electrons. The molecule has 1 aliphatic heterocycles. The van der Waals surface area contributed by atoms with E-state index in [0.29, 0.717) is 59.3 Å². The molecular weight excluding hydrogens is 582 g/mol. The van der Waals surface area contributed by atoms with Crippen molar-refractivity contribution in [1.82, 2.24) is 5.32 Å². The molecule has 0 radical (unpaired) electrons. The van der Waals surface area contributed by atoms with Crippen molar-refractivity contribution in [2.75, 3.05) is 39.4 Å². The van der Waals surface area contributed by atoms with Gasteiger partial charge in [0, 0.05) is 39.2 Å². The highest BCUT2D eigenvalue weighted by Crippen LogP contribution is 2.48. The monoisotopic (exact) mass is 615 g/mol. The molecule has 4 rings (SSSR count). The van der Waals surface area contributed by atoms with Crippen LogP contribution in [0.3, 0.4) is 0 Å². The molecule has 0 saturated carbocycles. The lowest BCUT2D eigenvalue weighted by Gasteiger charge is -2.37. The Kier molecular flexibility index (Phi) is 9.67. The van der Waals surface area contributed by atoms with Gasteiger partial charge in [-0.15, -0.1) is 0 Å². The number of methoxy groups -OCH3 is 3. The van der Waals surface area contributed by atoms with Crippen LogP contribution in [0.2, 0.25) is 0 Å². The van der Waals surface area contributed by atoms with E-state index in [2.05, 4.69) is 28.2 Å². The zero-order chi connectivity index (χ0) is 28.1. The predicted octanol–water partition coefficient (Wildman–Crippen LogP) is 6.13. The third-order valence-electron chi connectivity index (χ3n) is 7.09. The van der Waals surface area contributed by atoms with Gasteiger partial charge >= 0.3 is 5.97 Å². The first kappa shape index (κ1) is 29.1. The van der Waals surface area contributed by atoms with Crippen LogP contribution in [0.25, 0.3) is 0 Å². The molecule has 0 unspecified atom stereocenters.